The van der Waals surface area contributed by atoms with E-state index in [-0.39, 0.29) is 28.1 Å². The Kier molecular flexibility index (Phi) is 6.02. The monoisotopic (exact) mass is 357 g/mol. The van der Waals surface area contributed by atoms with E-state index in [1.807, 2.05) is 45.9 Å². The molecule has 0 unspecified atom stereocenters. The number of nitrogens with one attached hydrogen (secondary N) is 1. The number of hydrogen-bond acceptors (Lipinski definition) is 5. The van der Waals surface area contributed by atoms with Crippen molar-refractivity contribution in [1.82, 2.24) is 5.32 Å². The molecule has 23 heavy (non-hydrogen) atoms. The normalized spacial score (nSPS) is 24.5. The van der Waals surface area contributed by atoms with Gasteiger partial charge in [0.2, 0.25) is 0 Å². The molecular weight excluding hydrogens is 329 g/mol. The summed E-state index contributed by atoms with van der Waals surface area (Å²) in [6, 6.07) is 10.2. The Bertz CT molecular complexity index is 548. The number of hydrogen-bond donors (Lipinski definition) is 1. The Labute approximate surface area is 144 Å². The summed E-state index contributed by atoms with van der Waals surface area (Å²) in [5.74, 6) is -0.352. The maximum absolute atomic E-state index is 13.5. The van der Waals surface area contributed by atoms with E-state index in [1.54, 1.807) is 11.8 Å². The molecule has 0 amide bonds. The second-order valence-corrected chi connectivity index (χ2v) is 10.7. The first-order valence-corrected chi connectivity index (χ1v) is 10.6. The van der Waals surface area contributed by atoms with Crippen molar-refractivity contribution in [2.45, 2.75) is 69.7 Å². The molecule has 0 radical (unpaired) electrons. The first kappa shape index (κ1) is 19.0. The Hall–Kier alpha value is -0.320. The molecule has 1 aliphatic rings. The molecule has 1 heterocycles. The number of benzene rings is 1. The molecule has 0 saturated carbocycles. The fourth-order valence-electron chi connectivity index (χ4n) is 2.74. The van der Waals surface area contributed by atoms with Crippen molar-refractivity contribution in [1.29, 1.82) is 0 Å². The van der Waals surface area contributed by atoms with Gasteiger partial charge in [-0.1, -0.05) is 30.3 Å². The highest BCUT2D eigenvalue weighted by atomic mass is 32.2. The first-order chi connectivity index (χ1) is 10.6. The minimum absolute atomic E-state index is 0.0797. The van der Waals surface area contributed by atoms with Crippen LogP contribution in [0, 0.1) is 0 Å². The van der Waals surface area contributed by atoms with Crippen LogP contribution < -0.4 is 5.32 Å². The summed E-state index contributed by atoms with van der Waals surface area (Å²) in [5.41, 5.74) is 1.17. The van der Waals surface area contributed by atoms with Crippen LogP contribution in [-0.4, -0.2) is 22.7 Å². The van der Waals surface area contributed by atoms with Gasteiger partial charge in [0.25, 0.3) is 0 Å². The average molecular weight is 357 g/mol. The first-order valence-electron chi connectivity index (χ1n) is 8.09. The smallest absolute Gasteiger partial charge is 0.305 e. The second-order valence-electron chi connectivity index (χ2n) is 6.93. The van der Waals surface area contributed by atoms with Crippen LogP contribution in [0.4, 0.5) is 0 Å². The van der Waals surface area contributed by atoms with E-state index >= 15 is 0 Å². The highest BCUT2D eigenvalue weighted by Gasteiger charge is 2.53. The van der Waals surface area contributed by atoms with Crippen LogP contribution in [0.2, 0.25) is 0 Å². The van der Waals surface area contributed by atoms with Crippen molar-refractivity contribution < 1.29 is 13.6 Å². The largest absolute Gasteiger partial charge is 0.349 e. The fourth-order valence-corrected chi connectivity index (χ4v) is 7.28. The maximum Gasteiger partial charge on any atom is 0.349 e. The highest BCUT2D eigenvalue weighted by Crippen LogP contribution is 2.64. The van der Waals surface area contributed by atoms with Crippen molar-refractivity contribution in [2.24, 2.45) is 0 Å². The minimum atomic E-state index is -3.29. The molecule has 6 heteroatoms. The lowest BCUT2D eigenvalue weighted by Gasteiger charge is -2.33. The minimum Gasteiger partial charge on any atom is -0.305 e. The molecule has 1 N–H and O–H groups in total. The van der Waals surface area contributed by atoms with Gasteiger partial charge in [-0.3, -0.25) is 9.88 Å². The highest BCUT2D eigenvalue weighted by molar-refractivity contribution is 8.01. The fraction of sp³-hybridized carbons (Fsp3) is 0.647. The average Bonchev–Trinajstić information content (AvgIpc) is 2.74. The molecule has 1 saturated heterocycles. The third-order valence-corrected chi connectivity index (χ3v) is 8.04. The quantitative estimate of drug-likeness (QED) is 0.712. The third-order valence-electron chi connectivity index (χ3n) is 3.52. The van der Waals surface area contributed by atoms with Gasteiger partial charge in [0.1, 0.15) is 5.78 Å². The van der Waals surface area contributed by atoms with E-state index < -0.39 is 7.60 Å². The molecule has 1 aromatic rings. The molecule has 130 valence electrons. The zero-order valence-electron chi connectivity index (χ0n) is 14.8. The summed E-state index contributed by atoms with van der Waals surface area (Å²) in [6.45, 7) is 11.7. The van der Waals surface area contributed by atoms with Gasteiger partial charge in [0.05, 0.1) is 17.6 Å². The van der Waals surface area contributed by atoms with E-state index in [0.29, 0.717) is 0 Å². The Balaban J connectivity index is 2.29. The lowest BCUT2D eigenvalue weighted by atomic mass is 10.2. The predicted molar refractivity (Wildman–Crippen MR) is 97.8 cm³/mol. The van der Waals surface area contributed by atoms with Crippen LogP contribution in [-0.2, 0) is 13.6 Å². The summed E-state index contributed by atoms with van der Waals surface area (Å²) in [4.78, 5) is 0. The number of thioether (sulfide) groups is 1. The van der Waals surface area contributed by atoms with Crippen LogP contribution in [0.1, 0.15) is 52.5 Å². The van der Waals surface area contributed by atoms with Crippen LogP contribution in [0.25, 0.3) is 0 Å². The van der Waals surface area contributed by atoms with Gasteiger partial charge in [0, 0.05) is 4.75 Å². The zero-order chi connectivity index (χ0) is 17.3. The summed E-state index contributed by atoms with van der Waals surface area (Å²) in [6.07, 6.45) is -0.309. The SMILES string of the molecule is CC(C)OP(=O)(OC(C)C)[C@H]1N[C@H](c2ccccc2)SC1(C)C. The topological polar surface area (TPSA) is 47.6 Å². The lowest BCUT2D eigenvalue weighted by Crippen LogP contribution is -2.39. The molecule has 1 aliphatic heterocycles. The van der Waals surface area contributed by atoms with Crippen molar-refractivity contribution in [3.8, 4) is 0 Å². The standard InChI is InChI=1S/C17H28NO3PS/c1-12(2)20-22(19,21-13(3)4)16-17(5,6)23-15(18-16)14-10-8-7-9-11-14/h7-13,15-16,18H,1-6H3/t15-,16+/m0/s1. The summed E-state index contributed by atoms with van der Waals surface area (Å²) in [7, 11) is -3.29. The maximum atomic E-state index is 13.5. The van der Waals surface area contributed by atoms with Gasteiger partial charge < -0.3 is 9.05 Å². The van der Waals surface area contributed by atoms with E-state index in [9.17, 15) is 4.57 Å². The van der Waals surface area contributed by atoms with Gasteiger partial charge in [-0.25, -0.2) is 0 Å². The van der Waals surface area contributed by atoms with Crippen LogP contribution >= 0.6 is 19.4 Å². The summed E-state index contributed by atoms with van der Waals surface area (Å²) in [5, 5.41) is 3.58. The molecular formula is C17H28NO3PS. The zero-order valence-corrected chi connectivity index (χ0v) is 16.5. The van der Waals surface area contributed by atoms with Gasteiger partial charge in [0.15, 0.2) is 0 Å². The molecule has 1 fully saturated rings. The molecule has 2 atom stereocenters. The van der Waals surface area contributed by atoms with E-state index in [0.717, 1.165) is 0 Å². The lowest BCUT2D eigenvalue weighted by molar-refractivity contribution is 0.132. The van der Waals surface area contributed by atoms with E-state index in [4.69, 9.17) is 9.05 Å². The van der Waals surface area contributed by atoms with E-state index in [1.165, 1.54) is 5.56 Å². The third kappa shape index (κ3) is 4.61. The van der Waals surface area contributed by atoms with Crippen molar-refractivity contribution in [3.05, 3.63) is 35.9 Å². The van der Waals surface area contributed by atoms with Gasteiger partial charge in [-0.2, -0.15) is 0 Å². The molecule has 0 bridgehead atoms. The van der Waals surface area contributed by atoms with Gasteiger partial charge in [-0.15, -0.1) is 11.8 Å². The molecule has 0 aromatic heterocycles. The molecule has 4 nitrogen and oxygen atoms in total. The van der Waals surface area contributed by atoms with Crippen LogP contribution in [0.5, 0.6) is 0 Å². The van der Waals surface area contributed by atoms with Crippen molar-refractivity contribution in [2.75, 3.05) is 0 Å². The Morgan fingerprint density at radius 1 is 1.09 bits per heavy atom. The van der Waals surface area contributed by atoms with Gasteiger partial charge >= 0.3 is 7.60 Å². The number of rotatable bonds is 6. The van der Waals surface area contributed by atoms with Crippen LogP contribution in [0.15, 0.2) is 30.3 Å². The van der Waals surface area contributed by atoms with Crippen molar-refractivity contribution in [3.63, 3.8) is 0 Å². The molecule has 0 spiro atoms. The summed E-state index contributed by atoms with van der Waals surface area (Å²) >= 11 is 1.77. The molecule has 1 aromatic carbocycles. The molecule has 2 rings (SSSR count). The Morgan fingerprint density at radius 3 is 2.09 bits per heavy atom. The predicted octanol–water partition coefficient (Wildman–Crippen LogP) is 5.17. The van der Waals surface area contributed by atoms with E-state index in [2.05, 4.69) is 31.3 Å². The van der Waals surface area contributed by atoms with Crippen LogP contribution in [0.3, 0.4) is 0 Å². The second kappa shape index (κ2) is 7.28. The molecule has 0 aliphatic carbocycles. The summed E-state index contributed by atoms with van der Waals surface area (Å²) < 4.78 is 24.9. The van der Waals surface area contributed by atoms with Crippen molar-refractivity contribution >= 4 is 19.4 Å². The van der Waals surface area contributed by atoms with Gasteiger partial charge in [-0.05, 0) is 47.1 Å². The Morgan fingerprint density at radius 2 is 1.61 bits per heavy atom.